The van der Waals surface area contributed by atoms with E-state index in [2.05, 4.69) is 10.3 Å². The van der Waals surface area contributed by atoms with Crippen molar-refractivity contribution in [3.05, 3.63) is 100 Å². The lowest BCUT2D eigenvalue weighted by molar-refractivity contribution is -0.140. The number of ether oxygens (including phenoxy) is 2. The summed E-state index contributed by atoms with van der Waals surface area (Å²) < 4.78 is 115. The minimum absolute atomic E-state index is 0.0217. The second-order valence-electron chi connectivity index (χ2n) is 16.2. The van der Waals surface area contributed by atoms with Crippen molar-refractivity contribution < 1.29 is 69.0 Å². The molecule has 3 saturated heterocycles. The van der Waals surface area contributed by atoms with Crippen LogP contribution in [0.3, 0.4) is 0 Å². The van der Waals surface area contributed by atoms with Crippen molar-refractivity contribution in [3.63, 3.8) is 0 Å². The molecule has 0 bridgehead atoms. The smallest absolute Gasteiger partial charge is 0.420 e. The van der Waals surface area contributed by atoms with Gasteiger partial charge in [-0.25, -0.2) is 17.6 Å². The van der Waals surface area contributed by atoms with Crippen molar-refractivity contribution in [3.8, 4) is 28.8 Å². The van der Waals surface area contributed by atoms with Crippen molar-refractivity contribution in [1.29, 1.82) is 5.26 Å². The monoisotopic (exact) mass is 951 g/mol. The SMILES string of the molecule is CC1(C)C(=O)N(c2ccc(C#N)c(C(F)(F)F)c2F)C(=S)N1c1cnc(-c2cc(F)c(OC3CCN(C(=O)COc4ccc5c(c4)C(=O)N(C4CCC(=O)NC4=O)C5=O)CC3)c(F)c2)c(F)c1. The zero-order valence-corrected chi connectivity index (χ0v) is 35.6. The third-order valence-electron chi connectivity index (χ3n) is 11.6. The summed E-state index contributed by atoms with van der Waals surface area (Å²) in [6, 6.07) is 7.93. The summed E-state index contributed by atoms with van der Waals surface area (Å²) in [5, 5.41) is 10.7. The van der Waals surface area contributed by atoms with Crippen LogP contribution in [0.5, 0.6) is 11.5 Å². The second-order valence-corrected chi connectivity index (χ2v) is 16.5. The molecular formula is C44H32F7N7O8S. The molecule has 23 heteroatoms. The van der Waals surface area contributed by atoms with E-state index < -0.39 is 123 Å². The zero-order chi connectivity index (χ0) is 48.4. The number of nitrogens with zero attached hydrogens (tertiary/aromatic N) is 6. The average Bonchev–Trinajstić information content (AvgIpc) is 3.61. The molecular weight excluding hydrogens is 920 g/mol. The molecule has 1 N–H and O–H groups in total. The van der Waals surface area contributed by atoms with Gasteiger partial charge in [-0.15, -0.1) is 0 Å². The number of hydrogen-bond acceptors (Lipinski definition) is 11. The minimum atomic E-state index is -5.31. The van der Waals surface area contributed by atoms with Crippen LogP contribution in [0.2, 0.25) is 0 Å². The van der Waals surface area contributed by atoms with Crippen LogP contribution in [0, 0.1) is 34.6 Å². The molecule has 4 aromatic rings. The van der Waals surface area contributed by atoms with Gasteiger partial charge < -0.3 is 19.3 Å². The first-order chi connectivity index (χ1) is 31.6. The number of benzene rings is 3. The molecule has 1 atom stereocenters. The third kappa shape index (κ3) is 8.14. The molecule has 0 saturated carbocycles. The number of rotatable bonds is 9. The number of nitriles is 1. The number of anilines is 2. The highest BCUT2D eigenvalue weighted by atomic mass is 32.1. The van der Waals surface area contributed by atoms with Crippen LogP contribution in [0.4, 0.5) is 42.1 Å². The molecule has 1 aromatic heterocycles. The van der Waals surface area contributed by atoms with Gasteiger partial charge >= 0.3 is 6.18 Å². The van der Waals surface area contributed by atoms with Crippen LogP contribution in [-0.2, 0) is 25.4 Å². The fourth-order valence-electron chi connectivity index (χ4n) is 8.29. The summed E-state index contributed by atoms with van der Waals surface area (Å²) in [4.78, 5) is 84.3. The Morgan fingerprint density at radius 1 is 0.925 bits per heavy atom. The van der Waals surface area contributed by atoms with E-state index in [4.69, 9.17) is 27.0 Å². The van der Waals surface area contributed by atoms with Gasteiger partial charge in [0.25, 0.3) is 23.6 Å². The highest BCUT2D eigenvalue weighted by molar-refractivity contribution is 7.81. The van der Waals surface area contributed by atoms with Crippen LogP contribution < -0.4 is 24.6 Å². The highest BCUT2D eigenvalue weighted by Crippen LogP contribution is 2.43. The second kappa shape index (κ2) is 17.1. The number of amides is 6. The molecule has 0 radical (unpaired) electrons. The Labute approximate surface area is 379 Å². The Morgan fingerprint density at radius 2 is 1.60 bits per heavy atom. The maximum absolute atomic E-state index is 15.8. The van der Waals surface area contributed by atoms with E-state index in [-0.39, 0.29) is 66.9 Å². The van der Waals surface area contributed by atoms with Crippen LogP contribution in [0.15, 0.2) is 54.7 Å². The Kier molecular flexibility index (Phi) is 11.7. The van der Waals surface area contributed by atoms with Crippen molar-refractivity contribution in [2.75, 3.05) is 29.5 Å². The van der Waals surface area contributed by atoms with Crippen molar-refractivity contribution in [1.82, 2.24) is 20.1 Å². The molecule has 3 fully saturated rings. The van der Waals surface area contributed by atoms with E-state index in [9.17, 15) is 41.9 Å². The van der Waals surface area contributed by atoms with E-state index in [1.165, 1.54) is 43.0 Å². The first-order valence-corrected chi connectivity index (χ1v) is 20.6. The molecule has 67 heavy (non-hydrogen) atoms. The minimum Gasteiger partial charge on any atom is -0.484 e. The molecule has 1 unspecified atom stereocenters. The number of fused-ring (bicyclic) bond motifs is 1. The number of halogens is 7. The third-order valence-corrected chi connectivity index (χ3v) is 12.0. The Hall–Kier alpha value is -7.48. The maximum Gasteiger partial charge on any atom is 0.420 e. The first-order valence-electron chi connectivity index (χ1n) is 20.2. The number of piperidine rings is 2. The first kappa shape index (κ1) is 46.1. The van der Waals surface area contributed by atoms with Gasteiger partial charge in [-0.05, 0) is 75.0 Å². The summed E-state index contributed by atoms with van der Waals surface area (Å²) >= 11 is 5.38. The summed E-state index contributed by atoms with van der Waals surface area (Å²) in [6.07, 6.45) is -4.85. The number of aromatic nitrogens is 1. The molecule has 8 rings (SSSR count). The van der Waals surface area contributed by atoms with Gasteiger partial charge in [0, 0.05) is 44.0 Å². The molecule has 6 amide bonds. The number of thiocarbonyl (C=S) groups is 1. The summed E-state index contributed by atoms with van der Waals surface area (Å²) in [5.74, 6) is -10.4. The Bertz CT molecular complexity index is 2880. The summed E-state index contributed by atoms with van der Waals surface area (Å²) in [6.45, 7) is 2.31. The zero-order valence-electron chi connectivity index (χ0n) is 34.8. The number of carbonyl (C=O) groups is 6. The molecule has 5 heterocycles. The maximum atomic E-state index is 15.8. The van der Waals surface area contributed by atoms with Gasteiger partial charge in [-0.3, -0.25) is 48.9 Å². The number of nitrogens with one attached hydrogen (secondary N) is 1. The molecule has 346 valence electrons. The normalized spacial score (nSPS) is 18.7. The lowest BCUT2D eigenvalue weighted by atomic mass is 10.0. The number of imide groups is 2. The molecule has 4 aliphatic rings. The number of alkyl halides is 3. The van der Waals surface area contributed by atoms with Gasteiger partial charge in [0.2, 0.25) is 11.8 Å². The van der Waals surface area contributed by atoms with Crippen molar-refractivity contribution >= 4 is 64.1 Å². The molecule has 0 aliphatic carbocycles. The molecule has 0 spiro atoms. The number of hydrogen-bond donors (Lipinski definition) is 1. The van der Waals surface area contributed by atoms with Crippen LogP contribution >= 0.6 is 12.2 Å². The molecule has 15 nitrogen and oxygen atoms in total. The highest BCUT2D eigenvalue weighted by Gasteiger charge is 2.52. The summed E-state index contributed by atoms with van der Waals surface area (Å²) in [7, 11) is 0. The van der Waals surface area contributed by atoms with Gasteiger partial charge in [-0.1, -0.05) is 0 Å². The summed E-state index contributed by atoms with van der Waals surface area (Å²) in [5.41, 5.74) is -6.73. The van der Waals surface area contributed by atoms with Gasteiger partial charge in [-0.2, -0.15) is 18.4 Å². The van der Waals surface area contributed by atoms with Gasteiger partial charge in [0.15, 0.2) is 40.7 Å². The van der Waals surface area contributed by atoms with E-state index in [1.54, 1.807) is 0 Å². The topological polar surface area (TPSA) is 183 Å². The fraction of sp³-hybridized carbons (Fsp3) is 0.295. The van der Waals surface area contributed by atoms with E-state index in [0.717, 1.165) is 40.3 Å². The lowest BCUT2D eigenvalue weighted by Crippen LogP contribution is -2.54. The van der Waals surface area contributed by atoms with Crippen molar-refractivity contribution in [2.24, 2.45) is 0 Å². The largest absolute Gasteiger partial charge is 0.484 e. The molecule has 3 aromatic carbocycles. The number of likely N-dealkylation sites (tertiary alicyclic amines) is 1. The molecule has 4 aliphatic heterocycles. The Balaban J connectivity index is 0.889. The predicted octanol–water partition coefficient (Wildman–Crippen LogP) is 5.96. The van der Waals surface area contributed by atoms with Crippen molar-refractivity contribution in [2.45, 2.75) is 63.4 Å². The van der Waals surface area contributed by atoms with Gasteiger partial charge in [0.05, 0.1) is 40.3 Å². The number of pyridine rings is 1. The van der Waals surface area contributed by atoms with E-state index in [0.29, 0.717) is 11.0 Å². The average molecular weight is 952 g/mol. The van der Waals surface area contributed by atoms with E-state index >= 15 is 17.6 Å². The fourth-order valence-corrected chi connectivity index (χ4v) is 8.80. The quantitative estimate of drug-likeness (QED) is 0.118. The Morgan fingerprint density at radius 3 is 2.22 bits per heavy atom. The van der Waals surface area contributed by atoms with Crippen LogP contribution in [0.1, 0.15) is 71.4 Å². The number of carbonyl (C=O) groups excluding carboxylic acids is 6. The standard InChI is InChI=1S/C44H32F7N7O8S/c1-43(2)41(64)57(30-6-3-20(17-52)34(35(30)48)44(49,50)51)42(67)58(43)22-15-27(45)36(53-18-22)21-13-28(46)37(29(47)14-21)66-23-9-11-55(12-10-23)33(60)19-65-24-4-5-25-26(16-24)40(63)56(39(25)62)31-7-8-32(59)54-38(31)61/h3-6,13-16,18,23,31H,7-12,19H2,1-2H3,(H,54,59,61). The van der Waals surface area contributed by atoms with Gasteiger partial charge in [0.1, 0.15) is 34.7 Å². The van der Waals surface area contributed by atoms with Crippen LogP contribution in [0.25, 0.3) is 11.3 Å². The van der Waals surface area contributed by atoms with E-state index in [1.807, 2.05) is 0 Å². The lowest BCUT2D eigenvalue weighted by Gasteiger charge is -2.32. The van der Waals surface area contributed by atoms with Crippen LogP contribution in [-0.4, -0.2) is 92.7 Å². The predicted molar refractivity (Wildman–Crippen MR) is 221 cm³/mol.